The molecule has 35 heavy (non-hydrogen) atoms. The van der Waals surface area contributed by atoms with Crippen LogP contribution >= 0.6 is 0 Å². The van der Waals surface area contributed by atoms with Crippen LogP contribution in [-0.4, -0.2) is 52.3 Å². The number of aromatic nitrogens is 2. The van der Waals surface area contributed by atoms with Crippen molar-refractivity contribution in [1.29, 1.82) is 0 Å². The number of halogens is 3. The van der Waals surface area contributed by atoms with Gasteiger partial charge in [0.1, 0.15) is 11.8 Å². The van der Waals surface area contributed by atoms with Crippen LogP contribution < -0.4 is 15.4 Å². The molecule has 1 saturated carbocycles. The molecule has 2 amide bonds. The Kier molecular flexibility index (Phi) is 8.30. The molecule has 3 rings (SSSR count). The van der Waals surface area contributed by atoms with Crippen molar-refractivity contribution < 1.29 is 32.6 Å². The van der Waals surface area contributed by atoms with Crippen LogP contribution in [0.15, 0.2) is 18.2 Å². The highest BCUT2D eigenvalue weighted by molar-refractivity contribution is 6.06. The molecule has 3 N–H and O–H groups in total. The van der Waals surface area contributed by atoms with Crippen LogP contribution in [-0.2, 0) is 11.3 Å². The lowest BCUT2D eigenvalue weighted by molar-refractivity contribution is -0.274. The van der Waals surface area contributed by atoms with Crippen molar-refractivity contribution in [2.75, 3.05) is 13.2 Å². The fourth-order valence-electron chi connectivity index (χ4n) is 4.43. The topological polar surface area (TPSA) is 105 Å². The second kappa shape index (κ2) is 10.8. The van der Waals surface area contributed by atoms with Gasteiger partial charge in [0.2, 0.25) is 5.91 Å². The minimum Gasteiger partial charge on any atom is -0.406 e. The van der Waals surface area contributed by atoms with Crippen molar-refractivity contribution in [3.63, 3.8) is 0 Å². The smallest absolute Gasteiger partial charge is 0.406 e. The van der Waals surface area contributed by atoms with Gasteiger partial charge in [-0.15, -0.1) is 13.2 Å². The number of carbonyl (C=O) groups is 2. The van der Waals surface area contributed by atoms with Gasteiger partial charge in [-0.25, -0.2) is 0 Å². The van der Waals surface area contributed by atoms with Gasteiger partial charge in [0.15, 0.2) is 5.69 Å². The molecule has 1 unspecified atom stereocenters. The highest BCUT2D eigenvalue weighted by Crippen LogP contribution is 2.31. The minimum atomic E-state index is -4.88. The Morgan fingerprint density at radius 1 is 1.20 bits per heavy atom. The van der Waals surface area contributed by atoms with Gasteiger partial charge >= 0.3 is 6.36 Å². The molecule has 8 nitrogen and oxygen atoms in total. The summed E-state index contributed by atoms with van der Waals surface area (Å²) in [4.78, 5) is 26.0. The monoisotopic (exact) mass is 498 g/mol. The van der Waals surface area contributed by atoms with E-state index in [4.69, 9.17) is 5.11 Å². The van der Waals surface area contributed by atoms with Crippen molar-refractivity contribution in [3.8, 4) is 5.75 Å². The van der Waals surface area contributed by atoms with Crippen LogP contribution in [0.5, 0.6) is 5.75 Å². The molecule has 194 valence electrons. The van der Waals surface area contributed by atoms with Gasteiger partial charge in [-0.3, -0.25) is 14.3 Å². The molecule has 0 aliphatic heterocycles. The normalized spacial score (nSPS) is 16.2. The molecule has 1 aliphatic rings. The van der Waals surface area contributed by atoms with E-state index in [1.807, 2.05) is 0 Å². The van der Waals surface area contributed by atoms with E-state index in [2.05, 4.69) is 20.5 Å². The molecule has 0 radical (unpaired) electrons. The maximum absolute atomic E-state index is 13.3. The number of alkyl halides is 3. The lowest BCUT2D eigenvalue weighted by Gasteiger charge is -2.30. The van der Waals surface area contributed by atoms with Crippen LogP contribution in [0.3, 0.4) is 0 Å². The van der Waals surface area contributed by atoms with Crippen LogP contribution in [0.25, 0.3) is 10.9 Å². The molecule has 11 heteroatoms. The van der Waals surface area contributed by atoms with Crippen molar-refractivity contribution >= 4 is 22.7 Å². The molecular weight excluding hydrogens is 465 g/mol. The Hall–Kier alpha value is -2.82. The lowest BCUT2D eigenvalue weighted by Crippen LogP contribution is -2.54. The predicted octanol–water partition coefficient (Wildman–Crippen LogP) is 3.77. The van der Waals surface area contributed by atoms with Gasteiger partial charge < -0.3 is 20.5 Å². The molecule has 1 aliphatic carbocycles. The third-order valence-corrected chi connectivity index (χ3v) is 6.14. The zero-order valence-corrected chi connectivity index (χ0v) is 20.2. The van der Waals surface area contributed by atoms with Crippen molar-refractivity contribution in [3.05, 3.63) is 23.9 Å². The second-order valence-electron chi connectivity index (χ2n) is 10.0. The summed E-state index contributed by atoms with van der Waals surface area (Å²) in [5, 5.41) is 18.9. The lowest BCUT2D eigenvalue weighted by atomic mass is 9.86. The summed E-state index contributed by atoms with van der Waals surface area (Å²) < 4.78 is 44.2. The Morgan fingerprint density at radius 3 is 2.49 bits per heavy atom. The maximum Gasteiger partial charge on any atom is 0.573 e. The van der Waals surface area contributed by atoms with Gasteiger partial charge in [-0.2, -0.15) is 5.10 Å². The first-order valence-electron chi connectivity index (χ1n) is 11.8. The summed E-state index contributed by atoms with van der Waals surface area (Å²) in [6.07, 6.45) is 0.559. The van der Waals surface area contributed by atoms with Crippen LogP contribution in [0, 0.1) is 11.3 Å². The molecule has 1 aromatic heterocycles. The van der Waals surface area contributed by atoms with Gasteiger partial charge in [0, 0.05) is 18.5 Å². The van der Waals surface area contributed by atoms with Gasteiger partial charge in [-0.05, 0) is 42.4 Å². The number of amides is 2. The van der Waals surface area contributed by atoms with Crippen molar-refractivity contribution in [1.82, 2.24) is 20.4 Å². The first-order valence-corrected chi connectivity index (χ1v) is 11.8. The largest absolute Gasteiger partial charge is 0.573 e. The van der Waals surface area contributed by atoms with E-state index in [0.717, 1.165) is 31.7 Å². The Labute approximate surface area is 202 Å². The number of hydrogen-bond acceptors (Lipinski definition) is 5. The Bertz CT molecular complexity index is 1040. The number of nitrogens with zero attached hydrogens (tertiary/aromatic N) is 2. The minimum absolute atomic E-state index is 0.0262. The van der Waals surface area contributed by atoms with Crippen molar-refractivity contribution in [2.45, 2.75) is 71.8 Å². The zero-order valence-electron chi connectivity index (χ0n) is 20.2. The molecule has 1 fully saturated rings. The van der Waals surface area contributed by atoms with Crippen LogP contribution in [0.2, 0.25) is 0 Å². The number of aliphatic hydroxyl groups is 1. The Balaban J connectivity index is 1.97. The van der Waals surface area contributed by atoms with E-state index >= 15 is 0 Å². The average molecular weight is 499 g/mol. The zero-order chi connectivity index (χ0) is 25.8. The number of carbonyl (C=O) groups excluding carboxylic acids is 2. The summed E-state index contributed by atoms with van der Waals surface area (Å²) >= 11 is 0. The number of rotatable bonds is 8. The van der Waals surface area contributed by atoms with Gasteiger partial charge in [-0.1, -0.05) is 40.0 Å². The fraction of sp³-hybridized carbons (Fsp3) is 0.625. The van der Waals surface area contributed by atoms with Gasteiger partial charge in [0.25, 0.3) is 5.91 Å². The van der Waals surface area contributed by atoms with E-state index in [9.17, 15) is 22.8 Å². The van der Waals surface area contributed by atoms with Crippen molar-refractivity contribution in [2.24, 2.45) is 11.3 Å². The van der Waals surface area contributed by atoms with Gasteiger partial charge in [0.05, 0.1) is 12.1 Å². The van der Waals surface area contributed by atoms with E-state index in [1.54, 1.807) is 25.5 Å². The third kappa shape index (κ3) is 7.09. The second-order valence-corrected chi connectivity index (χ2v) is 10.0. The third-order valence-electron chi connectivity index (χ3n) is 6.14. The number of ether oxygens (including phenoxy) is 1. The molecule has 1 aromatic carbocycles. The molecule has 2 aromatic rings. The summed E-state index contributed by atoms with van der Waals surface area (Å²) in [6.45, 7) is 5.62. The maximum atomic E-state index is 13.3. The van der Waals surface area contributed by atoms with E-state index in [-0.39, 0.29) is 24.2 Å². The number of nitrogens with one attached hydrogen (secondary N) is 2. The number of benzene rings is 1. The van der Waals surface area contributed by atoms with E-state index in [1.165, 1.54) is 18.6 Å². The first kappa shape index (κ1) is 26.8. The van der Waals surface area contributed by atoms with Crippen LogP contribution in [0.4, 0.5) is 13.2 Å². The molecule has 0 saturated heterocycles. The summed E-state index contributed by atoms with van der Waals surface area (Å²) in [6, 6.07) is 2.87. The summed E-state index contributed by atoms with van der Waals surface area (Å²) in [7, 11) is 0. The number of aliphatic hydroxyl groups excluding tert-OH is 1. The average Bonchev–Trinajstić information content (AvgIpc) is 3.12. The molecule has 1 atom stereocenters. The predicted molar refractivity (Wildman–Crippen MR) is 124 cm³/mol. The molecule has 1 heterocycles. The fourth-order valence-corrected chi connectivity index (χ4v) is 4.43. The quantitative estimate of drug-likeness (QED) is 0.514. The van der Waals surface area contributed by atoms with E-state index in [0.29, 0.717) is 18.0 Å². The van der Waals surface area contributed by atoms with E-state index < -0.39 is 35.4 Å². The molecular formula is C24H33F3N4O4. The molecule has 0 spiro atoms. The summed E-state index contributed by atoms with van der Waals surface area (Å²) in [5.74, 6) is -1.25. The number of hydrogen-bond donors (Lipinski definition) is 3. The summed E-state index contributed by atoms with van der Waals surface area (Å²) in [5.41, 5.74) is -0.236. The SMILES string of the molecule is CC(C)(C)C(NC(=O)c1nn(CC2CCCCC2)c2ccc(OC(F)(F)F)cc12)C(=O)NCCO. The number of fused-ring (bicyclic) bond motifs is 1. The highest BCUT2D eigenvalue weighted by Gasteiger charge is 2.35. The highest BCUT2D eigenvalue weighted by atomic mass is 19.4. The Morgan fingerprint density at radius 2 is 1.89 bits per heavy atom. The van der Waals surface area contributed by atoms with Crippen LogP contribution in [0.1, 0.15) is 63.4 Å². The standard InChI is InChI=1S/C24H33F3N4O4/c1-23(2,3)20(22(34)28-11-12-32)29-21(33)19-17-13-16(35-24(25,26)27)9-10-18(17)31(30-19)14-15-7-5-4-6-8-15/h9-10,13,15,20,32H,4-8,11-12,14H2,1-3H3,(H,28,34)(H,29,33). The molecule has 0 bridgehead atoms. The first-order chi connectivity index (χ1) is 16.4.